The predicted molar refractivity (Wildman–Crippen MR) is 87.3 cm³/mol. The van der Waals surface area contributed by atoms with Crippen LogP contribution in [-0.4, -0.2) is 54.5 Å². The lowest BCUT2D eigenvalue weighted by Crippen LogP contribution is -2.51. The summed E-state index contributed by atoms with van der Waals surface area (Å²) in [6, 6.07) is 8.33. The third kappa shape index (κ3) is 3.27. The summed E-state index contributed by atoms with van der Waals surface area (Å²) in [6.07, 6.45) is 5.40. The second-order valence-corrected chi connectivity index (χ2v) is 6.20. The summed E-state index contributed by atoms with van der Waals surface area (Å²) in [5, 5.41) is 0. The van der Waals surface area contributed by atoms with Gasteiger partial charge in [0.1, 0.15) is 5.75 Å². The normalized spacial score (nSPS) is 20.3. The second-order valence-electron chi connectivity index (χ2n) is 6.20. The van der Waals surface area contributed by atoms with Gasteiger partial charge in [-0.1, -0.05) is 25.0 Å². The van der Waals surface area contributed by atoms with Gasteiger partial charge < -0.3 is 9.64 Å². The van der Waals surface area contributed by atoms with Crippen molar-refractivity contribution >= 4 is 5.91 Å². The van der Waals surface area contributed by atoms with E-state index in [9.17, 15) is 4.79 Å². The van der Waals surface area contributed by atoms with Gasteiger partial charge in [0.05, 0.1) is 12.2 Å². The molecule has 1 aromatic rings. The molecule has 0 radical (unpaired) electrons. The third-order valence-corrected chi connectivity index (χ3v) is 4.86. The predicted octanol–water partition coefficient (Wildman–Crippen LogP) is 2.79. The van der Waals surface area contributed by atoms with Crippen LogP contribution in [0.4, 0.5) is 0 Å². The van der Waals surface area contributed by atoms with Crippen LogP contribution in [0.3, 0.4) is 0 Å². The van der Waals surface area contributed by atoms with E-state index in [0.717, 1.165) is 32.2 Å². The molecule has 0 atom stereocenters. The van der Waals surface area contributed by atoms with E-state index < -0.39 is 0 Å². The molecule has 1 saturated carbocycles. The fraction of sp³-hybridized carbons (Fsp3) is 0.611. The van der Waals surface area contributed by atoms with Crippen LogP contribution in [0.5, 0.6) is 5.75 Å². The average Bonchev–Trinajstić information content (AvgIpc) is 3.10. The largest absolute Gasteiger partial charge is 0.493 e. The van der Waals surface area contributed by atoms with Crippen molar-refractivity contribution in [3.05, 3.63) is 29.8 Å². The van der Waals surface area contributed by atoms with Crippen molar-refractivity contribution < 1.29 is 9.53 Å². The van der Waals surface area contributed by atoms with Crippen LogP contribution in [0.25, 0.3) is 0 Å². The summed E-state index contributed by atoms with van der Waals surface area (Å²) in [5.74, 6) is 0.809. The minimum Gasteiger partial charge on any atom is -0.493 e. The number of nitrogens with zero attached hydrogens (tertiary/aromatic N) is 2. The zero-order chi connectivity index (χ0) is 15.4. The molecule has 120 valence electrons. The van der Waals surface area contributed by atoms with Crippen LogP contribution >= 0.6 is 0 Å². The van der Waals surface area contributed by atoms with Crippen LogP contribution in [0.1, 0.15) is 43.0 Å². The number of ether oxygens (including phenoxy) is 1. The number of para-hydroxylation sites is 1. The van der Waals surface area contributed by atoms with E-state index in [1.54, 1.807) is 0 Å². The van der Waals surface area contributed by atoms with E-state index in [4.69, 9.17) is 4.74 Å². The first-order valence-electron chi connectivity index (χ1n) is 8.54. The standard InChI is InChI=1S/C18H26N2O2/c1-2-22-17-10-6-5-9-16(17)18(21)20-13-11-19(12-14-20)15-7-3-4-8-15/h5-6,9-10,15H,2-4,7-8,11-14H2,1H3. The zero-order valence-corrected chi connectivity index (χ0v) is 13.5. The highest BCUT2D eigenvalue weighted by Crippen LogP contribution is 2.25. The van der Waals surface area contributed by atoms with Crippen LogP contribution in [0, 0.1) is 0 Å². The fourth-order valence-electron chi connectivity index (χ4n) is 3.65. The summed E-state index contributed by atoms with van der Waals surface area (Å²) < 4.78 is 5.59. The number of carbonyl (C=O) groups is 1. The average molecular weight is 302 g/mol. The number of rotatable bonds is 4. The van der Waals surface area contributed by atoms with E-state index in [-0.39, 0.29) is 5.91 Å². The van der Waals surface area contributed by atoms with E-state index in [2.05, 4.69) is 4.90 Å². The Bertz CT molecular complexity index is 504. The first kappa shape index (κ1) is 15.3. The minimum absolute atomic E-state index is 0.107. The summed E-state index contributed by atoms with van der Waals surface area (Å²) >= 11 is 0. The molecular formula is C18H26N2O2. The fourth-order valence-corrected chi connectivity index (χ4v) is 3.65. The first-order chi connectivity index (χ1) is 10.8. The molecule has 0 N–H and O–H groups in total. The van der Waals surface area contributed by atoms with Gasteiger partial charge in [-0.05, 0) is 31.9 Å². The quantitative estimate of drug-likeness (QED) is 0.857. The Hall–Kier alpha value is -1.55. The third-order valence-electron chi connectivity index (χ3n) is 4.86. The van der Waals surface area contributed by atoms with Crippen LogP contribution in [0.2, 0.25) is 0 Å². The van der Waals surface area contributed by atoms with Crippen LogP contribution in [0.15, 0.2) is 24.3 Å². The molecule has 2 fully saturated rings. The molecule has 0 unspecified atom stereocenters. The molecule has 2 aliphatic rings. The molecule has 1 aliphatic carbocycles. The first-order valence-corrected chi connectivity index (χ1v) is 8.54. The van der Waals surface area contributed by atoms with Gasteiger partial charge in [0, 0.05) is 32.2 Å². The van der Waals surface area contributed by atoms with E-state index in [0.29, 0.717) is 17.9 Å². The maximum Gasteiger partial charge on any atom is 0.257 e. The molecule has 1 saturated heterocycles. The van der Waals surface area contributed by atoms with Crippen molar-refractivity contribution in [1.82, 2.24) is 9.80 Å². The van der Waals surface area contributed by atoms with Gasteiger partial charge in [-0.15, -0.1) is 0 Å². The smallest absolute Gasteiger partial charge is 0.257 e. The lowest BCUT2D eigenvalue weighted by atomic mass is 10.1. The Morgan fingerprint density at radius 3 is 2.50 bits per heavy atom. The van der Waals surface area contributed by atoms with Crippen molar-refractivity contribution in [1.29, 1.82) is 0 Å². The molecule has 3 rings (SSSR count). The minimum atomic E-state index is 0.107. The number of hydrogen-bond acceptors (Lipinski definition) is 3. The highest BCUT2D eigenvalue weighted by Gasteiger charge is 2.28. The molecule has 0 aromatic heterocycles. The van der Waals surface area contributed by atoms with Crippen molar-refractivity contribution in [2.24, 2.45) is 0 Å². The van der Waals surface area contributed by atoms with Crippen LogP contribution < -0.4 is 4.74 Å². The van der Waals surface area contributed by atoms with Gasteiger partial charge >= 0.3 is 0 Å². The zero-order valence-electron chi connectivity index (χ0n) is 13.5. The molecule has 0 bridgehead atoms. The Balaban J connectivity index is 1.62. The lowest BCUT2D eigenvalue weighted by molar-refractivity contribution is 0.0570. The van der Waals surface area contributed by atoms with Crippen molar-refractivity contribution in [3.63, 3.8) is 0 Å². The monoisotopic (exact) mass is 302 g/mol. The van der Waals surface area contributed by atoms with Crippen LogP contribution in [-0.2, 0) is 0 Å². The molecule has 0 spiro atoms. The van der Waals surface area contributed by atoms with Crippen molar-refractivity contribution in [2.75, 3.05) is 32.8 Å². The Labute approximate surface area is 133 Å². The Morgan fingerprint density at radius 1 is 1.14 bits per heavy atom. The van der Waals surface area contributed by atoms with E-state index in [1.807, 2.05) is 36.1 Å². The van der Waals surface area contributed by atoms with E-state index >= 15 is 0 Å². The maximum atomic E-state index is 12.8. The van der Waals surface area contributed by atoms with Gasteiger partial charge in [0.15, 0.2) is 0 Å². The molecule has 1 aliphatic heterocycles. The van der Waals surface area contributed by atoms with Gasteiger partial charge in [-0.3, -0.25) is 9.69 Å². The molecule has 4 heteroatoms. The van der Waals surface area contributed by atoms with Gasteiger partial charge in [0.2, 0.25) is 0 Å². The number of benzene rings is 1. The SMILES string of the molecule is CCOc1ccccc1C(=O)N1CCN(C2CCCC2)CC1. The van der Waals surface area contributed by atoms with E-state index in [1.165, 1.54) is 25.7 Å². The maximum absolute atomic E-state index is 12.8. The lowest BCUT2D eigenvalue weighted by Gasteiger charge is -2.38. The summed E-state index contributed by atoms with van der Waals surface area (Å²) in [7, 11) is 0. The molecule has 4 nitrogen and oxygen atoms in total. The number of hydrogen-bond donors (Lipinski definition) is 0. The summed E-state index contributed by atoms with van der Waals surface area (Å²) in [5.41, 5.74) is 0.693. The van der Waals surface area contributed by atoms with Gasteiger partial charge in [-0.25, -0.2) is 0 Å². The summed E-state index contributed by atoms with van der Waals surface area (Å²) in [6.45, 7) is 6.20. The number of carbonyl (C=O) groups excluding carboxylic acids is 1. The molecule has 1 aromatic carbocycles. The van der Waals surface area contributed by atoms with Crippen molar-refractivity contribution in [2.45, 2.75) is 38.6 Å². The highest BCUT2D eigenvalue weighted by atomic mass is 16.5. The Morgan fingerprint density at radius 2 is 1.82 bits per heavy atom. The molecule has 1 amide bonds. The molecule has 22 heavy (non-hydrogen) atoms. The second kappa shape index (κ2) is 7.14. The topological polar surface area (TPSA) is 32.8 Å². The van der Waals surface area contributed by atoms with Crippen molar-refractivity contribution in [3.8, 4) is 5.75 Å². The number of amides is 1. The molecular weight excluding hydrogens is 276 g/mol. The van der Waals surface area contributed by atoms with Gasteiger partial charge in [0.25, 0.3) is 5.91 Å². The molecule has 1 heterocycles. The summed E-state index contributed by atoms with van der Waals surface area (Å²) in [4.78, 5) is 17.3. The number of piperazine rings is 1. The van der Waals surface area contributed by atoms with Gasteiger partial charge in [-0.2, -0.15) is 0 Å². The highest BCUT2D eigenvalue weighted by molar-refractivity contribution is 5.97. The Kier molecular flexibility index (Phi) is 4.98.